The summed E-state index contributed by atoms with van der Waals surface area (Å²) in [5.74, 6) is 0.794. The lowest BCUT2D eigenvalue weighted by Gasteiger charge is -2.08. The standard InChI is InChI=1S/C12H17N5/c1-7(2)13-11-6-5-10(16-17-11)12-8(3)14-15-9(12)4/h5-7H,1-4H3,(H,13,17)(H,14,15). The molecule has 17 heavy (non-hydrogen) atoms. The summed E-state index contributed by atoms with van der Waals surface area (Å²) < 4.78 is 0. The molecule has 5 heteroatoms. The third kappa shape index (κ3) is 2.43. The number of nitrogens with one attached hydrogen (secondary N) is 2. The average molecular weight is 231 g/mol. The van der Waals surface area contributed by atoms with E-state index in [0.717, 1.165) is 28.5 Å². The Hall–Kier alpha value is -1.91. The highest BCUT2D eigenvalue weighted by molar-refractivity contribution is 5.64. The van der Waals surface area contributed by atoms with Crippen molar-refractivity contribution in [3.63, 3.8) is 0 Å². The first-order valence-corrected chi connectivity index (χ1v) is 5.70. The molecule has 0 aliphatic heterocycles. The van der Waals surface area contributed by atoms with E-state index >= 15 is 0 Å². The largest absolute Gasteiger partial charge is 0.366 e. The van der Waals surface area contributed by atoms with Crippen LogP contribution in [0.1, 0.15) is 25.2 Å². The molecule has 0 aliphatic carbocycles. The first kappa shape index (κ1) is 11.6. The van der Waals surface area contributed by atoms with Crippen LogP contribution < -0.4 is 5.32 Å². The minimum Gasteiger partial charge on any atom is -0.366 e. The maximum atomic E-state index is 4.22. The van der Waals surface area contributed by atoms with Gasteiger partial charge in [-0.15, -0.1) is 10.2 Å². The van der Waals surface area contributed by atoms with Crippen LogP contribution in [0, 0.1) is 13.8 Å². The minimum absolute atomic E-state index is 0.354. The zero-order valence-corrected chi connectivity index (χ0v) is 10.6. The van der Waals surface area contributed by atoms with Crippen LogP contribution in [-0.2, 0) is 0 Å². The molecule has 2 rings (SSSR count). The molecule has 2 aromatic rings. The third-order valence-electron chi connectivity index (χ3n) is 2.49. The van der Waals surface area contributed by atoms with Crippen molar-refractivity contribution in [1.82, 2.24) is 20.4 Å². The molecule has 0 aromatic carbocycles. The maximum absolute atomic E-state index is 4.22. The fraction of sp³-hybridized carbons (Fsp3) is 0.417. The van der Waals surface area contributed by atoms with Gasteiger partial charge in [-0.25, -0.2) is 0 Å². The summed E-state index contributed by atoms with van der Waals surface area (Å²) in [4.78, 5) is 0. The average Bonchev–Trinajstić information content (AvgIpc) is 2.59. The fourth-order valence-corrected chi connectivity index (χ4v) is 1.77. The van der Waals surface area contributed by atoms with Gasteiger partial charge in [0, 0.05) is 17.3 Å². The van der Waals surface area contributed by atoms with Gasteiger partial charge in [0.1, 0.15) is 5.82 Å². The molecule has 0 atom stereocenters. The normalized spacial score (nSPS) is 10.9. The van der Waals surface area contributed by atoms with Gasteiger partial charge in [0.15, 0.2) is 0 Å². The second-order valence-corrected chi connectivity index (χ2v) is 4.41. The molecule has 0 amide bonds. The highest BCUT2D eigenvalue weighted by Crippen LogP contribution is 2.23. The summed E-state index contributed by atoms with van der Waals surface area (Å²) in [6.45, 7) is 8.08. The van der Waals surface area contributed by atoms with Crippen LogP contribution in [0.5, 0.6) is 0 Å². The van der Waals surface area contributed by atoms with Gasteiger partial charge < -0.3 is 5.32 Å². The monoisotopic (exact) mass is 231 g/mol. The fourth-order valence-electron chi connectivity index (χ4n) is 1.77. The number of rotatable bonds is 3. The lowest BCUT2D eigenvalue weighted by atomic mass is 10.1. The van der Waals surface area contributed by atoms with Gasteiger partial charge in [0.2, 0.25) is 0 Å². The van der Waals surface area contributed by atoms with Crippen LogP contribution in [-0.4, -0.2) is 26.4 Å². The van der Waals surface area contributed by atoms with E-state index in [9.17, 15) is 0 Å². The van der Waals surface area contributed by atoms with Crippen LogP contribution in [0.2, 0.25) is 0 Å². The van der Waals surface area contributed by atoms with E-state index in [0.29, 0.717) is 6.04 Å². The number of aromatic nitrogens is 4. The summed E-state index contributed by atoms with van der Waals surface area (Å²) in [6, 6.07) is 4.25. The van der Waals surface area contributed by atoms with Crippen LogP contribution in [0.25, 0.3) is 11.3 Å². The molecule has 90 valence electrons. The minimum atomic E-state index is 0.354. The van der Waals surface area contributed by atoms with Crippen LogP contribution in [0.4, 0.5) is 5.82 Å². The number of H-pyrrole nitrogens is 1. The number of aryl methyl sites for hydroxylation is 2. The van der Waals surface area contributed by atoms with Gasteiger partial charge >= 0.3 is 0 Å². The molecule has 0 saturated carbocycles. The Morgan fingerprint density at radius 2 is 1.94 bits per heavy atom. The summed E-state index contributed by atoms with van der Waals surface area (Å²) in [7, 11) is 0. The predicted octanol–water partition coefficient (Wildman–Crippen LogP) is 2.30. The smallest absolute Gasteiger partial charge is 0.148 e. The lowest BCUT2D eigenvalue weighted by molar-refractivity contribution is 0.874. The molecule has 0 saturated heterocycles. The zero-order chi connectivity index (χ0) is 12.4. The number of aromatic amines is 1. The predicted molar refractivity (Wildman–Crippen MR) is 67.8 cm³/mol. The van der Waals surface area contributed by atoms with Crippen molar-refractivity contribution >= 4 is 5.82 Å². The Labute approximate surface area is 101 Å². The maximum Gasteiger partial charge on any atom is 0.148 e. The molecule has 0 aliphatic rings. The van der Waals surface area contributed by atoms with E-state index in [4.69, 9.17) is 0 Å². The number of anilines is 1. The Morgan fingerprint density at radius 3 is 2.41 bits per heavy atom. The van der Waals surface area contributed by atoms with Crippen molar-refractivity contribution in [3.8, 4) is 11.3 Å². The van der Waals surface area contributed by atoms with Gasteiger partial charge in [0.25, 0.3) is 0 Å². The number of nitrogens with zero attached hydrogens (tertiary/aromatic N) is 3. The van der Waals surface area contributed by atoms with E-state index in [1.807, 2.05) is 26.0 Å². The van der Waals surface area contributed by atoms with Gasteiger partial charge in [-0.2, -0.15) is 5.10 Å². The number of hydrogen-bond donors (Lipinski definition) is 2. The lowest BCUT2D eigenvalue weighted by Crippen LogP contribution is -2.11. The molecule has 0 radical (unpaired) electrons. The summed E-state index contributed by atoms with van der Waals surface area (Å²) in [6.07, 6.45) is 0. The second kappa shape index (κ2) is 4.53. The zero-order valence-electron chi connectivity index (χ0n) is 10.6. The van der Waals surface area contributed by atoms with Crippen molar-refractivity contribution < 1.29 is 0 Å². The molecular formula is C12H17N5. The Balaban J connectivity index is 2.30. The highest BCUT2D eigenvalue weighted by atomic mass is 15.2. The van der Waals surface area contributed by atoms with E-state index in [1.54, 1.807) is 0 Å². The molecule has 0 spiro atoms. The van der Waals surface area contributed by atoms with E-state index in [-0.39, 0.29) is 0 Å². The summed E-state index contributed by atoms with van der Waals surface area (Å²) in [5.41, 5.74) is 3.85. The molecular weight excluding hydrogens is 214 g/mol. The molecule has 0 unspecified atom stereocenters. The highest BCUT2D eigenvalue weighted by Gasteiger charge is 2.10. The van der Waals surface area contributed by atoms with E-state index in [2.05, 4.69) is 39.6 Å². The van der Waals surface area contributed by atoms with E-state index < -0.39 is 0 Å². The molecule has 2 heterocycles. The number of hydrogen-bond acceptors (Lipinski definition) is 4. The molecule has 2 aromatic heterocycles. The van der Waals surface area contributed by atoms with Crippen molar-refractivity contribution in [2.45, 2.75) is 33.7 Å². The molecule has 0 bridgehead atoms. The molecule has 2 N–H and O–H groups in total. The van der Waals surface area contributed by atoms with Crippen molar-refractivity contribution in [2.24, 2.45) is 0 Å². The SMILES string of the molecule is Cc1n[nH]c(C)c1-c1ccc(NC(C)C)nn1. The quantitative estimate of drug-likeness (QED) is 0.850. The Kier molecular flexibility index (Phi) is 3.08. The first-order valence-electron chi connectivity index (χ1n) is 5.70. The van der Waals surface area contributed by atoms with Crippen molar-refractivity contribution in [1.29, 1.82) is 0 Å². The second-order valence-electron chi connectivity index (χ2n) is 4.41. The van der Waals surface area contributed by atoms with Gasteiger partial charge in [-0.05, 0) is 39.8 Å². The third-order valence-corrected chi connectivity index (χ3v) is 2.49. The van der Waals surface area contributed by atoms with Gasteiger partial charge in [0.05, 0.1) is 11.4 Å². The molecule has 0 fully saturated rings. The van der Waals surface area contributed by atoms with Crippen LogP contribution in [0.3, 0.4) is 0 Å². The topological polar surface area (TPSA) is 66.5 Å². The van der Waals surface area contributed by atoms with Gasteiger partial charge in [-0.3, -0.25) is 5.10 Å². The van der Waals surface area contributed by atoms with Gasteiger partial charge in [-0.1, -0.05) is 0 Å². The van der Waals surface area contributed by atoms with Crippen LogP contribution >= 0.6 is 0 Å². The van der Waals surface area contributed by atoms with Crippen LogP contribution in [0.15, 0.2) is 12.1 Å². The summed E-state index contributed by atoms with van der Waals surface area (Å²) in [5, 5.41) is 18.7. The van der Waals surface area contributed by atoms with Crippen molar-refractivity contribution in [3.05, 3.63) is 23.5 Å². The first-order chi connectivity index (χ1) is 8.08. The molecule has 5 nitrogen and oxygen atoms in total. The Morgan fingerprint density at radius 1 is 1.18 bits per heavy atom. The van der Waals surface area contributed by atoms with Crippen molar-refractivity contribution in [2.75, 3.05) is 5.32 Å². The summed E-state index contributed by atoms with van der Waals surface area (Å²) >= 11 is 0. The Bertz CT molecular complexity index is 479. The van der Waals surface area contributed by atoms with E-state index in [1.165, 1.54) is 0 Å².